The summed E-state index contributed by atoms with van der Waals surface area (Å²) in [5, 5.41) is 2.81. The molecule has 0 aliphatic heterocycles. The van der Waals surface area contributed by atoms with Crippen molar-refractivity contribution in [2.75, 3.05) is 0 Å². The first kappa shape index (κ1) is 13.1. The number of fused-ring (bicyclic) bond motifs is 1. The third-order valence-electron chi connectivity index (χ3n) is 3.86. The number of benzene rings is 1. The van der Waals surface area contributed by atoms with Crippen LogP contribution < -0.4 is 11.1 Å². The van der Waals surface area contributed by atoms with Crippen molar-refractivity contribution in [2.24, 2.45) is 5.73 Å². The van der Waals surface area contributed by atoms with Crippen molar-refractivity contribution in [1.82, 2.24) is 15.3 Å². The fraction of sp³-hybridized carbons (Fsp3) is 0.429. The van der Waals surface area contributed by atoms with E-state index in [0.29, 0.717) is 16.9 Å². The molecule has 2 aromatic rings. The van der Waals surface area contributed by atoms with E-state index in [1.807, 2.05) is 0 Å². The number of carbonyl (C=O) groups excluding carboxylic acids is 1. The summed E-state index contributed by atoms with van der Waals surface area (Å²) in [4.78, 5) is 19.4. The van der Waals surface area contributed by atoms with Gasteiger partial charge in [0.05, 0.1) is 23.1 Å². The van der Waals surface area contributed by atoms with Gasteiger partial charge in [-0.05, 0) is 31.0 Å². The van der Waals surface area contributed by atoms with Crippen LogP contribution in [0.5, 0.6) is 0 Å². The second-order valence-electron chi connectivity index (χ2n) is 5.39. The normalized spacial score (nSPS) is 17.5. The summed E-state index contributed by atoms with van der Waals surface area (Å²) < 4.78 is 13.1. The highest BCUT2D eigenvalue weighted by Crippen LogP contribution is 2.27. The molecule has 0 bridgehead atoms. The molecule has 6 heteroatoms. The van der Waals surface area contributed by atoms with Crippen LogP contribution in [0.2, 0.25) is 0 Å². The Morgan fingerprint density at radius 2 is 2.20 bits per heavy atom. The maximum absolute atomic E-state index is 13.1. The number of hydrogen-bond acceptors (Lipinski definition) is 3. The lowest BCUT2D eigenvalue weighted by atomic mass is 9.98. The zero-order valence-electron chi connectivity index (χ0n) is 11.1. The van der Waals surface area contributed by atoms with Crippen molar-refractivity contribution in [3.63, 3.8) is 0 Å². The number of hydrogen-bond donors (Lipinski definition) is 3. The van der Waals surface area contributed by atoms with Crippen LogP contribution in [0, 0.1) is 5.82 Å². The quantitative estimate of drug-likeness (QED) is 0.796. The molecule has 20 heavy (non-hydrogen) atoms. The summed E-state index contributed by atoms with van der Waals surface area (Å²) >= 11 is 0. The van der Waals surface area contributed by atoms with E-state index in [9.17, 15) is 9.18 Å². The highest BCUT2D eigenvalue weighted by molar-refractivity contribution is 5.86. The smallest absolute Gasteiger partial charge is 0.240 e. The van der Waals surface area contributed by atoms with E-state index in [2.05, 4.69) is 15.3 Å². The number of carbonyl (C=O) groups is 1. The van der Waals surface area contributed by atoms with Crippen molar-refractivity contribution in [2.45, 2.75) is 37.8 Å². The van der Waals surface area contributed by atoms with Crippen molar-refractivity contribution >= 4 is 16.9 Å². The molecule has 106 valence electrons. The van der Waals surface area contributed by atoms with Gasteiger partial charge in [0.25, 0.3) is 0 Å². The zero-order chi connectivity index (χ0) is 14.2. The number of nitrogens with zero attached hydrogens (tertiary/aromatic N) is 1. The first-order valence-corrected chi connectivity index (χ1v) is 6.78. The second kappa shape index (κ2) is 4.86. The molecule has 1 fully saturated rings. The van der Waals surface area contributed by atoms with Gasteiger partial charge in [-0.3, -0.25) is 4.79 Å². The first-order chi connectivity index (χ1) is 9.57. The Labute approximate surface area is 115 Å². The highest BCUT2D eigenvalue weighted by Gasteiger charge is 2.36. The predicted octanol–water partition coefficient (Wildman–Crippen LogP) is 1.59. The van der Waals surface area contributed by atoms with E-state index < -0.39 is 5.54 Å². The molecular formula is C14H17FN4O. The van der Waals surface area contributed by atoms with Gasteiger partial charge in [-0.15, -0.1) is 0 Å². The molecule has 1 aromatic heterocycles. The Kier molecular flexibility index (Phi) is 3.17. The van der Waals surface area contributed by atoms with Crippen LogP contribution in [-0.4, -0.2) is 21.4 Å². The number of imidazole rings is 1. The largest absolute Gasteiger partial charge is 0.347 e. The summed E-state index contributed by atoms with van der Waals surface area (Å²) in [6.45, 7) is 0.272. The Bertz CT molecular complexity index is 646. The lowest BCUT2D eigenvalue weighted by Gasteiger charge is -2.21. The molecule has 1 saturated carbocycles. The topological polar surface area (TPSA) is 83.8 Å². The fourth-order valence-electron chi connectivity index (χ4n) is 2.69. The Balaban J connectivity index is 1.69. The number of aromatic nitrogens is 2. The lowest BCUT2D eigenvalue weighted by Crippen LogP contribution is -2.51. The Morgan fingerprint density at radius 3 is 2.95 bits per heavy atom. The minimum atomic E-state index is -0.738. The van der Waals surface area contributed by atoms with E-state index >= 15 is 0 Å². The molecule has 0 radical (unpaired) electrons. The molecule has 1 amide bonds. The van der Waals surface area contributed by atoms with Gasteiger partial charge >= 0.3 is 0 Å². The van der Waals surface area contributed by atoms with Crippen LogP contribution in [-0.2, 0) is 11.3 Å². The van der Waals surface area contributed by atoms with Crippen LogP contribution in [0.15, 0.2) is 18.2 Å². The zero-order valence-corrected chi connectivity index (χ0v) is 11.1. The third kappa shape index (κ3) is 2.38. The molecule has 3 rings (SSSR count). The van der Waals surface area contributed by atoms with E-state index in [1.54, 1.807) is 6.07 Å². The van der Waals surface area contributed by atoms with Gasteiger partial charge in [0.1, 0.15) is 11.6 Å². The highest BCUT2D eigenvalue weighted by atomic mass is 19.1. The van der Waals surface area contributed by atoms with E-state index in [1.165, 1.54) is 12.1 Å². The number of nitrogens with two attached hydrogens (primary N) is 1. The van der Waals surface area contributed by atoms with Gasteiger partial charge in [0, 0.05) is 0 Å². The maximum atomic E-state index is 13.1. The van der Waals surface area contributed by atoms with Crippen molar-refractivity contribution in [3.8, 4) is 0 Å². The van der Waals surface area contributed by atoms with Gasteiger partial charge in [-0.25, -0.2) is 9.37 Å². The minimum absolute atomic E-state index is 0.137. The number of rotatable bonds is 3. The number of halogens is 1. The molecule has 1 aliphatic rings. The molecule has 0 unspecified atom stereocenters. The predicted molar refractivity (Wildman–Crippen MR) is 73.3 cm³/mol. The third-order valence-corrected chi connectivity index (χ3v) is 3.86. The molecule has 0 atom stereocenters. The first-order valence-electron chi connectivity index (χ1n) is 6.78. The minimum Gasteiger partial charge on any atom is -0.347 e. The summed E-state index contributed by atoms with van der Waals surface area (Å²) in [6, 6.07) is 4.35. The molecule has 0 saturated heterocycles. The van der Waals surface area contributed by atoms with Crippen molar-refractivity contribution in [1.29, 1.82) is 0 Å². The number of H-pyrrole nitrogens is 1. The van der Waals surface area contributed by atoms with Crippen LogP contribution in [0.4, 0.5) is 4.39 Å². The standard InChI is InChI=1S/C14H17FN4O/c15-9-3-4-10-11(7-9)19-12(18-10)8-17-13(20)14(16)5-1-2-6-14/h3-4,7H,1-2,5-6,8,16H2,(H,17,20)(H,18,19). The van der Waals surface area contributed by atoms with Crippen LogP contribution in [0.1, 0.15) is 31.5 Å². The van der Waals surface area contributed by atoms with Crippen LogP contribution in [0.25, 0.3) is 11.0 Å². The van der Waals surface area contributed by atoms with Gasteiger partial charge in [0.15, 0.2) is 0 Å². The van der Waals surface area contributed by atoms with Gasteiger partial charge in [-0.2, -0.15) is 0 Å². The monoisotopic (exact) mass is 276 g/mol. The van der Waals surface area contributed by atoms with Crippen molar-refractivity contribution < 1.29 is 9.18 Å². The van der Waals surface area contributed by atoms with Crippen LogP contribution >= 0.6 is 0 Å². The van der Waals surface area contributed by atoms with Gasteiger partial charge < -0.3 is 16.0 Å². The number of aromatic amines is 1. The van der Waals surface area contributed by atoms with E-state index in [0.717, 1.165) is 25.7 Å². The Hall–Kier alpha value is -1.95. The molecule has 1 aromatic carbocycles. The molecule has 0 spiro atoms. The number of amides is 1. The summed E-state index contributed by atoms with van der Waals surface area (Å²) in [5.41, 5.74) is 6.63. The summed E-state index contributed by atoms with van der Waals surface area (Å²) in [7, 11) is 0. The van der Waals surface area contributed by atoms with Gasteiger partial charge in [-0.1, -0.05) is 12.8 Å². The SMILES string of the molecule is NC1(C(=O)NCc2nc3ccc(F)cc3[nH]2)CCCC1. The van der Waals surface area contributed by atoms with E-state index in [4.69, 9.17) is 5.73 Å². The molecule has 5 nitrogen and oxygen atoms in total. The van der Waals surface area contributed by atoms with E-state index in [-0.39, 0.29) is 18.3 Å². The lowest BCUT2D eigenvalue weighted by molar-refractivity contribution is -0.126. The molecule has 1 heterocycles. The molecular weight excluding hydrogens is 259 g/mol. The summed E-state index contributed by atoms with van der Waals surface area (Å²) in [6.07, 6.45) is 3.44. The summed E-state index contributed by atoms with van der Waals surface area (Å²) in [5.74, 6) is 0.144. The number of nitrogens with one attached hydrogen (secondary N) is 2. The van der Waals surface area contributed by atoms with Crippen LogP contribution in [0.3, 0.4) is 0 Å². The van der Waals surface area contributed by atoms with Gasteiger partial charge in [0.2, 0.25) is 5.91 Å². The fourth-order valence-corrected chi connectivity index (χ4v) is 2.69. The Morgan fingerprint density at radius 1 is 1.45 bits per heavy atom. The molecule has 1 aliphatic carbocycles. The molecule has 4 N–H and O–H groups in total. The average molecular weight is 276 g/mol. The maximum Gasteiger partial charge on any atom is 0.240 e. The van der Waals surface area contributed by atoms with Crippen molar-refractivity contribution in [3.05, 3.63) is 29.8 Å². The second-order valence-corrected chi connectivity index (χ2v) is 5.39. The average Bonchev–Trinajstić information content (AvgIpc) is 3.02.